The van der Waals surface area contributed by atoms with Gasteiger partial charge in [-0.15, -0.1) is 11.8 Å². The van der Waals surface area contributed by atoms with Crippen LogP contribution in [0.15, 0.2) is 60.7 Å². The molecule has 0 heterocycles. The van der Waals surface area contributed by atoms with E-state index in [1.807, 2.05) is 43.3 Å². The van der Waals surface area contributed by atoms with E-state index in [1.54, 1.807) is 36.0 Å². The van der Waals surface area contributed by atoms with Crippen molar-refractivity contribution in [3.05, 3.63) is 71.8 Å². The molecule has 0 spiro atoms. The zero-order valence-electron chi connectivity index (χ0n) is 13.9. The number of ketones is 1. The molecule has 2 aromatic carbocycles. The van der Waals surface area contributed by atoms with Crippen LogP contribution in [0.25, 0.3) is 6.08 Å². The molecule has 1 atom stereocenters. The Morgan fingerprint density at radius 1 is 1.12 bits per heavy atom. The van der Waals surface area contributed by atoms with Gasteiger partial charge in [0.25, 0.3) is 0 Å². The van der Waals surface area contributed by atoms with E-state index in [0.717, 1.165) is 11.3 Å². The molecule has 0 bridgehead atoms. The Labute approximate surface area is 147 Å². The molecule has 0 aliphatic carbocycles. The number of anilines is 1. The summed E-state index contributed by atoms with van der Waals surface area (Å²) in [6.07, 6.45) is 4.11. The minimum atomic E-state index is -0.175. The molecule has 3 nitrogen and oxygen atoms in total. The molecule has 124 valence electrons. The summed E-state index contributed by atoms with van der Waals surface area (Å²) in [5.74, 6) is 0.685. The third-order valence-corrected chi connectivity index (χ3v) is 4.56. The van der Waals surface area contributed by atoms with Gasteiger partial charge in [-0.05, 0) is 31.5 Å². The summed E-state index contributed by atoms with van der Waals surface area (Å²) in [6, 6.07) is 17.1. The summed E-state index contributed by atoms with van der Waals surface area (Å²) in [7, 11) is 0. The van der Waals surface area contributed by atoms with Gasteiger partial charge in [0.2, 0.25) is 5.91 Å². The van der Waals surface area contributed by atoms with Crippen LogP contribution in [0.1, 0.15) is 29.8 Å². The molecule has 24 heavy (non-hydrogen) atoms. The van der Waals surface area contributed by atoms with Gasteiger partial charge in [0.05, 0.1) is 5.25 Å². The number of amides is 1. The standard InChI is InChI=1S/C20H21NO2S/c1-15(22)18-11-6-12-19(14-18)21-20(23)16(2)24-13-7-10-17-8-4-3-5-9-17/h3-12,14,16H,13H2,1-2H3,(H,21,23). The molecule has 0 radical (unpaired) electrons. The largest absolute Gasteiger partial charge is 0.325 e. The fraction of sp³-hybridized carbons (Fsp3) is 0.200. The molecule has 0 fully saturated rings. The number of thioether (sulfide) groups is 1. The van der Waals surface area contributed by atoms with E-state index in [9.17, 15) is 9.59 Å². The molecular formula is C20H21NO2S. The van der Waals surface area contributed by atoms with Gasteiger partial charge in [-0.2, -0.15) is 0 Å². The lowest BCUT2D eigenvalue weighted by Gasteiger charge is -2.11. The van der Waals surface area contributed by atoms with E-state index in [2.05, 4.69) is 11.4 Å². The third-order valence-electron chi connectivity index (χ3n) is 3.46. The van der Waals surface area contributed by atoms with Crippen LogP contribution in [-0.2, 0) is 4.79 Å². The first-order chi connectivity index (χ1) is 11.6. The molecule has 2 aromatic rings. The maximum atomic E-state index is 12.2. The van der Waals surface area contributed by atoms with E-state index in [1.165, 1.54) is 6.92 Å². The summed E-state index contributed by atoms with van der Waals surface area (Å²) in [6.45, 7) is 3.39. The topological polar surface area (TPSA) is 46.2 Å². The molecule has 4 heteroatoms. The lowest BCUT2D eigenvalue weighted by atomic mass is 10.1. The van der Waals surface area contributed by atoms with E-state index < -0.39 is 0 Å². The molecule has 0 saturated carbocycles. The summed E-state index contributed by atoms with van der Waals surface area (Å²) in [4.78, 5) is 23.6. The van der Waals surface area contributed by atoms with Crippen molar-refractivity contribution in [3.8, 4) is 0 Å². The highest BCUT2D eigenvalue weighted by atomic mass is 32.2. The molecule has 1 N–H and O–H groups in total. The fourth-order valence-corrected chi connectivity index (χ4v) is 2.79. The number of rotatable bonds is 7. The second-order valence-corrected chi connectivity index (χ2v) is 6.79. The minimum absolute atomic E-state index is 0.0143. The van der Waals surface area contributed by atoms with Crippen molar-refractivity contribution in [1.29, 1.82) is 0 Å². The van der Waals surface area contributed by atoms with Crippen LogP contribution < -0.4 is 5.32 Å². The van der Waals surface area contributed by atoms with Crippen LogP contribution in [-0.4, -0.2) is 22.7 Å². The Balaban J connectivity index is 1.83. The normalized spacial score (nSPS) is 12.1. The van der Waals surface area contributed by atoms with Crippen LogP contribution in [0.5, 0.6) is 0 Å². The predicted octanol–water partition coefficient (Wildman–Crippen LogP) is 4.66. The minimum Gasteiger partial charge on any atom is -0.325 e. The molecule has 0 saturated heterocycles. The van der Waals surface area contributed by atoms with Gasteiger partial charge in [-0.3, -0.25) is 9.59 Å². The van der Waals surface area contributed by atoms with Crippen molar-refractivity contribution < 1.29 is 9.59 Å². The number of nitrogens with one attached hydrogen (secondary N) is 1. The van der Waals surface area contributed by atoms with E-state index in [4.69, 9.17) is 0 Å². The first-order valence-corrected chi connectivity index (χ1v) is 8.86. The quantitative estimate of drug-likeness (QED) is 0.746. The number of hydrogen-bond donors (Lipinski definition) is 1. The Morgan fingerprint density at radius 3 is 2.58 bits per heavy atom. The van der Waals surface area contributed by atoms with Crippen molar-refractivity contribution in [2.45, 2.75) is 19.1 Å². The molecule has 1 amide bonds. The van der Waals surface area contributed by atoms with Crippen LogP contribution in [0, 0.1) is 0 Å². The highest BCUT2D eigenvalue weighted by Crippen LogP contribution is 2.16. The zero-order valence-corrected chi connectivity index (χ0v) is 14.7. The summed E-state index contributed by atoms with van der Waals surface area (Å²) < 4.78 is 0. The number of benzene rings is 2. The van der Waals surface area contributed by atoms with Crippen LogP contribution >= 0.6 is 11.8 Å². The monoisotopic (exact) mass is 339 g/mol. The highest BCUT2D eigenvalue weighted by molar-refractivity contribution is 8.00. The second kappa shape index (κ2) is 9.08. The first-order valence-electron chi connectivity index (χ1n) is 7.81. The van der Waals surface area contributed by atoms with Gasteiger partial charge in [0, 0.05) is 17.0 Å². The highest BCUT2D eigenvalue weighted by Gasteiger charge is 2.13. The second-order valence-electron chi connectivity index (χ2n) is 5.41. The van der Waals surface area contributed by atoms with Gasteiger partial charge < -0.3 is 5.32 Å². The first kappa shape index (κ1) is 18.0. The SMILES string of the molecule is CC(=O)c1cccc(NC(=O)C(C)SCC=Cc2ccccc2)c1. The lowest BCUT2D eigenvalue weighted by molar-refractivity contribution is -0.115. The molecule has 0 aliphatic rings. The van der Waals surface area contributed by atoms with E-state index >= 15 is 0 Å². The van der Waals surface area contributed by atoms with Gasteiger partial charge in [0.1, 0.15) is 0 Å². The molecule has 2 rings (SSSR count). The molecule has 0 aromatic heterocycles. The fourth-order valence-electron chi connectivity index (χ4n) is 2.08. The van der Waals surface area contributed by atoms with Gasteiger partial charge in [-0.25, -0.2) is 0 Å². The van der Waals surface area contributed by atoms with Gasteiger partial charge >= 0.3 is 0 Å². The van der Waals surface area contributed by atoms with Crippen LogP contribution in [0.2, 0.25) is 0 Å². The van der Waals surface area contributed by atoms with Crippen molar-refractivity contribution in [1.82, 2.24) is 0 Å². The Hall–Kier alpha value is -2.33. The maximum absolute atomic E-state index is 12.2. The average Bonchev–Trinajstić information content (AvgIpc) is 2.59. The summed E-state index contributed by atoms with van der Waals surface area (Å²) >= 11 is 1.57. The smallest absolute Gasteiger partial charge is 0.237 e. The number of Topliss-reactive ketones (excluding diaryl/α,β-unsaturated/α-hetero) is 1. The van der Waals surface area contributed by atoms with E-state index in [0.29, 0.717) is 11.3 Å². The average molecular weight is 339 g/mol. The summed E-state index contributed by atoms with van der Waals surface area (Å²) in [5.41, 5.74) is 2.40. The Bertz CT molecular complexity index is 725. The Kier molecular flexibility index (Phi) is 6.82. The maximum Gasteiger partial charge on any atom is 0.237 e. The molecule has 1 unspecified atom stereocenters. The number of carbonyl (C=O) groups is 2. The van der Waals surface area contributed by atoms with Crippen molar-refractivity contribution in [2.24, 2.45) is 0 Å². The number of hydrogen-bond acceptors (Lipinski definition) is 3. The predicted molar refractivity (Wildman–Crippen MR) is 102 cm³/mol. The summed E-state index contributed by atoms with van der Waals surface area (Å²) in [5, 5.41) is 2.68. The number of carbonyl (C=O) groups excluding carboxylic acids is 2. The van der Waals surface area contributed by atoms with Crippen LogP contribution in [0.3, 0.4) is 0 Å². The lowest BCUT2D eigenvalue weighted by Crippen LogP contribution is -2.22. The van der Waals surface area contributed by atoms with Crippen molar-refractivity contribution in [2.75, 3.05) is 11.1 Å². The van der Waals surface area contributed by atoms with Gasteiger partial charge in [0.15, 0.2) is 5.78 Å². The molecule has 0 aliphatic heterocycles. The molecular weight excluding hydrogens is 318 g/mol. The van der Waals surface area contributed by atoms with Crippen LogP contribution in [0.4, 0.5) is 5.69 Å². The zero-order chi connectivity index (χ0) is 17.4. The Morgan fingerprint density at radius 2 is 1.88 bits per heavy atom. The third kappa shape index (κ3) is 5.70. The van der Waals surface area contributed by atoms with Gasteiger partial charge in [-0.1, -0.05) is 54.6 Å². The van der Waals surface area contributed by atoms with Crippen molar-refractivity contribution in [3.63, 3.8) is 0 Å². The van der Waals surface area contributed by atoms with Crippen molar-refractivity contribution >= 4 is 35.2 Å². The van der Waals surface area contributed by atoms with E-state index in [-0.39, 0.29) is 16.9 Å².